The lowest BCUT2D eigenvalue weighted by Gasteiger charge is -2.05. The predicted octanol–water partition coefficient (Wildman–Crippen LogP) is 3.63. The number of nitrogens with zero attached hydrogens (tertiary/aromatic N) is 2. The number of nitrogens with one attached hydrogen (secondary N) is 1. The van der Waals surface area contributed by atoms with Gasteiger partial charge >= 0.3 is 0 Å². The van der Waals surface area contributed by atoms with Crippen LogP contribution in [0, 0.1) is 5.82 Å². The fraction of sp³-hybridized carbons (Fsp3) is 0.0909. The van der Waals surface area contributed by atoms with E-state index in [1.165, 1.54) is 0 Å². The summed E-state index contributed by atoms with van der Waals surface area (Å²) in [5.41, 5.74) is 0.735. The summed E-state index contributed by atoms with van der Waals surface area (Å²) in [6, 6.07) is 4.81. The molecule has 0 saturated heterocycles. The second-order valence-corrected chi connectivity index (χ2v) is 4.08. The minimum absolute atomic E-state index is 0.183. The Morgan fingerprint density at radius 2 is 2.00 bits per heavy atom. The Morgan fingerprint density at radius 1 is 1.24 bits per heavy atom. The van der Waals surface area contributed by atoms with Crippen LogP contribution in [0.15, 0.2) is 24.4 Å². The van der Waals surface area contributed by atoms with Gasteiger partial charge in [0.1, 0.15) is 5.69 Å². The van der Waals surface area contributed by atoms with Gasteiger partial charge in [-0.3, -0.25) is 0 Å². The van der Waals surface area contributed by atoms with Crippen LogP contribution in [-0.4, -0.2) is 17.0 Å². The minimum atomic E-state index is -0.512. The highest BCUT2D eigenvalue weighted by Crippen LogP contribution is 2.28. The van der Waals surface area contributed by atoms with Gasteiger partial charge in [0.15, 0.2) is 5.82 Å². The van der Waals surface area contributed by atoms with Crippen LogP contribution in [-0.2, 0) is 0 Å². The fourth-order valence-electron chi connectivity index (χ4n) is 1.33. The molecule has 3 nitrogen and oxygen atoms in total. The summed E-state index contributed by atoms with van der Waals surface area (Å²) >= 11 is 11.7. The Bertz CT molecular complexity index is 560. The topological polar surface area (TPSA) is 37.8 Å². The SMILES string of the molecule is CNc1ncc(F)c(-c2ccc(Cl)c(Cl)c2)n1. The van der Waals surface area contributed by atoms with E-state index in [0.29, 0.717) is 21.6 Å². The molecule has 1 heterocycles. The smallest absolute Gasteiger partial charge is 0.223 e. The van der Waals surface area contributed by atoms with Crippen LogP contribution in [0.5, 0.6) is 0 Å². The maximum absolute atomic E-state index is 13.6. The Balaban J connectivity index is 2.55. The highest BCUT2D eigenvalue weighted by atomic mass is 35.5. The van der Waals surface area contributed by atoms with E-state index in [0.717, 1.165) is 6.20 Å². The summed E-state index contributed by atoms with van der Waals surface area (Å²) < 4.78 is 13.6. The van der Waals surface area contributed by atoms with Crippen molar-refractivity contribution in [1.82, 2.24) is 9.97 Å². The molecule has 0 fully saturated rings. The number of benzene rings is 1. The number of hydrogen-bond donors (Lipinski definition) is 1. The second kappa shape index (κ2) is 4.85. The molecular weight excluding hydrogens is 264 g/mol. The van der Waals surface area contributed by atoms with E-state index in [1.807, 2.05) is 0 Å². The molecule has 2 rings (SSSR count). The van der Waals surface area contributed by atoms with E-state index in [4.69, 9.17) is 23.2 Å². The lowest BCUT2D eigenvalue weighted by atomic mass is 10.1. The molecule has 1 N–H and O–H groups in total. The lowest BCUT2D eigenvalue weighted by molar-refractivity contribution is 0.619. The van der Waals surface area contributed by atoms with Gasteiger partial charge in [0.25, 0.3) is 0 Å². The highest BCUT2D eigenvalue weighted by molar-refractivity contribution is 6.42. The van der Waals surface area contributed by atoms with E-state index in [9.17, 15) is 4.39 Å². The number of halogens is 3. The van der Waals surface area contributed by atoms with Crippen LogP contribution in [0.2, 0.25) is 10.0 Å². The molecule has 1 aromatic heterocycles. The normalized spacial score (nSPS) is 10.4. The fourth-order valence-corrected chi connectivity index (χ4v) is 1.63. The lowest BCUT2D eigenvalue weighted by Crippen LogP contribution is -1.99. The van der Waals surface area contributed by atoms with Crippen LogP contribution >= 0.6 is 23.2 Å². The summed E-state index contributed by atoms with van der Waals surface area (Å²) in [5, 5.41) is 3.51. The number of hydrogen-bond acceptors (Lipinski definition) is 3. The summed E-state index contributed by atoms with van der Waals surface area (Å²) in [6.45, 7) is 0. The molecule has 0 spiro atoms. The third-order valence-corrected chi connectivity index (χ3v) is 2.90. The van der Waals surface area contributed by atoms with Crippen molar-refractivity contribution < 1.29 is 4.39 Å². The quantitative estimate of drug-likeness (QED) is 0.907. The van der Waals surface area contributed by atoms with E-state index < -0.39 is 5.82 Å². The van der Waals surface area contributed by atoms with E-state index in [2.05, 4.69) is 15.3 Å². The van der Waals surface area contributed by atoms with Gasteiger partial charge in [0, 0.05) is 12.6 Å². The molecule has 17 heavy (non-hydrogen) atoms. The van der Waals surface area contributed by atoms with Gasteiger partial charge < -0.3 is 5.32 Å². The largest absolute Gasteiger partial charge is 0.357 e. The number of anilines is 1. The molecule has 88 valence electrons. The van der Waals surface area contributed by atoms with Crippen molar-refractivity contribution in [3.8, 4) is 11.3 Å². The molecule has 2 aromatic rings. The number of rotatable bonds is 2. The Hall–Kier alpha value is -1.39. The molecule has 0 atom stereocenters. The molecule has 0 amide bonds. The van der Waals surface area contributed by atoms with Gasteiger partial charge in [0.2, 0.25) is 5.95 Å². The Labute approximate surface area is 108 Å². The van der Waals surface area contributed by atoms with E-state index >= 15 is 0 Å². The second-order valence-electron chi connectivity index (χ2n) is 3.27. The average molecular weight is 272 g/mol. The molecule has 0 aliphatic carbocycles. The molecule has 6 heteroatoms. The van der Waals surface area contributed by atoms with Crippen molar-refractivity contribution in [2.75, 3.05) is 12.4 Å². The third-order valence-electron chi connectivity index (χ3n) is 2.16. The maximum atomic E-state index is 13.6. The zero-order chi connectivity index (χ0) is 12.4. The van der Waals surface area contributed by atoms with Gasteiger partial charge in [-0.2, -0.15) is 0 Å². The van der Waals surface area contributed by atoms with Gasteiger partial charge in [-0.05, 0) is 12.1 Å². The van der Waals surface area contributed by atoms with Gasteiger partial charge in [-0.25, -0.2) is 14.4 Å². The highest BCUT2D eigenvalue weighted by Gasteiger charge is 2.10. The van der Waals surface area contributed by atoms with Crippen LogP contribution in [0.4, 0.5) is 10.3 Å². The minimum Gasteiger partial charge on any atom is -0.357 e. The molecule has 0 unspecified atom stereocenters. The zero-order valence-electron chi connectivity index (χ0n) is 8.84. The first-order valence-electron chi connectivity index (χ1n) is 4.77. The molecular formula is C11H8Cl2FN3. The molecule has 0 radical (unpaired) electrons. The van der Waals surface area contributed by atoms with Crippen molar-refractivity contribution >= 4 is 29.2 Å². The summed E-state index contributed by atoms with van der Waals surface area (Å²) in [5.74, 6) is -0.171. The molecule has 0 bridgehead atoms. The standard InChI is InChI=1S/C11H8Cl2FN3/c1-15-11-16-5-9(14)10(17-11)6-2-3-7(12)8(13)4-6/h2-5H,1H3,(H,15,16,17). The molecule has 0 aliphatic rings. The van der Waals surface area contributed by atoms with Crippen molar-refractivity contribution in [2.45, 2.75) is 0 Å². The van der Waals surface area contributed by atoms with Crippen molar-refractivity contribution in [3.63, 3.8) is 0 Å². The van der Waals surface area contributed by atoms with Crippen LogP contribution < -0.4 is 5.32 Å². The zero-order valence-corrected chi connectivity index (χ0v) is 10.3. The predicted molar refractivity (Wildman–Crippen MR) is 67.0 cm³/mol. The monoisotopic (exact) mass is 271 g/mol. The average Bonchev–Trinajstić information content (AvgIpc) is 2.33. The van der Waals surface area contributed by atoms with Crippen molar-refractivity contribution in [3.05, 3.63) is 40.3 Å². The first kappa shape index (κ1) is 12.1. The first-order valence-corrected chi connectivity index (χ1v) is 5.53. The van der Waals surface area contributed by atoms with E-state index in [1.54, 1.807) is 25.2 Å². The maximum Gasteiger partial charge on any atom is 0.223 e. The van der Waals surface area contributed by atoms with Crippen LogP contribution in [0.1, 0.15) is 0 Å². The van der Waals surface area contributed by atoms with Gasteiger partial charge in [0.05, 0.1) is 16.2 Å². The van der Waals surface area contributed by atoms with Crippen molar-refractivity contribution in [2.24, 2.45) is 0 Å². The number of aromatic nitrogens is 2. The van der Waals surface area contributed by atoms with Gasteiger partial charge in [-0.1, -0.05) is 29.3 Å². The molecule has 0 aliphatic heterocycles. The third kappa shape index (κ3) is 2.48. The Kier molecular flexibility index (Phi) is 3.45. The summed E-state index contributed by atoms with van der Waals surface area (Å²) in [6.07, 6.45) is 1.11. The van der Waals surface area contributed by atoms with Gasteiger partial charge in [-0.15, -0.1) is 0 Å². The van der Waals surface area contributed by atoms with Crippen LogP contribution in [0.25, 0.3) is 11.3 Å². The van der Waals surface area contributed by atoms with Crippen molar-refractivity contribution in [1.29, 1.82) is 0 Å². The first-order chi connectivity index (χ1) is 8.11. The summed E-state index contributed by atoms with van der Waals surface area (Å²) in [7, 11) is 1.66. The Morgan fingerprint density at radius 3 is 2.65 bits per heavy atom. The molecule has 0 saturated carbocycles. The summed E-state index contributed by atoms with van der Waals surface area (Å²) in [4.78, 5) is 7.80. The van der Waals surface area contributed by atoms with Crippen LogP contribution in [0.3, 0.4) is 0 Å². The van der Waals surface area contributed by atoms with E-state index in [-0.39, 0.29) is 5.69 Å². The molecule has 1 aromatic carbocycles.